The Labute approximate surface area is 115 Å². The molecule has 0 aliphatic rings. The number of carbonyl (C=O) groups excluding carboxylic acids is 1. The van der Waals surface area contributed by atoms with Crippen LogP contribution in [0, 0.1) is 0 Å². The lowest BCUT2D eigenvalue weighted by Gasteiger charge is -2.04. The molecule has 0 bridgehead atoms. The molecule has 5 heteroatoms. The summed E-state index contributed by atoms with van der Waals surface area (Å²) < 4.78 is 0. The third-order valence-electron chi connectivity index (χ3n) is 3.08. The van der Waals surface area contributed by atoms with E-state index in [-0.39, 0.29) is 5.91 Å². The number of hydrogen-bond donors (Lipinski definition) is 3. The van der Waals surface area contributed by atoms with Gasteiger partial charge in [0.05, 0.1) is 18.3 Å². The van der Waals surface area contributed by atoms with Crippen LogP contribution in [0.15, 0.2) is 48.8 Å². The van der Waals surface area contributed by atoms with Gasteiger partial charge in [-0.1, -0.05) is 18.2 Å². The Hall–Kier alpha value is -2.82. The third kappa shape index (κ3) is 2.47. The van der Waals surface area contributed by atoms with Crippen LogP contribution < -0.4 is 11.1 Å². The molecule has 0 saturated carbocycles. The van der Waals surface area contributed by atoms with Crippen molar-refractivity contribution in [1.29, 1.82) is 0 Å². The zero-order valence-electron chi connectivity index (χ0n) is 10.8. The van der Waals surface area contributed by atoms with Gasteiger partial charge in [-0.2, -0.15) is 0 Å². The molecule has 0 aliphatic heterocycles. The van der Waals surface area contributed by atoms with Gasteiger partial charge in [0.1, 0.15) is 5.82 Å². The number of fused-ring (bicyclic) bond motifs is 1. The summed E-state index contributed by atoms with van der Waals surface area (Å²) >= 11 is 0. The van der Waals surface area contributed by atoms with Crippen molar-refractivity contribution in [2.24, 2.45) is 0 Å². The Bertz CT molecular complexity index is 746. The van der Waals surface area contributed by atoms with E-state index in [9.17, 15) is 4.79 Å². The van der Waals surface area contributed by atoms with E-state index in [0.29, 0.717) is 17.9 Å². The highest BCUT2D eigenvalue weighted by atomic mass is 16.1. The van der Waals surface area contributed by atoms with Gasteiger partial charge in [0, 0.05) is 17.1 Å². The van der Waals surface area contributed by atoms with Gasteiger partial charge in [0.2, 0.25) is 5.91 Å². The number of nitrogens with one attached hydrogen (secondary N) is 2. The Morgan fingerprint density at radius 2 is 2.10 bits per heavy atom. The molecule has 100 valence electrons. The Balaban J connectivity index is 1.74. The van der Waals surface area contributed by atoms with Gasteiger partial charge in [0.15, 0.2) is 0 Å². The number of hydrogen-bond acceptors (Lipinski definition) is 3. The van der Waals surface area contributed by atoms with Crippen molar-refractivity contribution in [3.05, 3.63) is 54.4 Å². The number of benzene rings is 1. The topological polar surface area (TPSA) is 83.8 Å². The number of rotatable bonds is 3. The van der Waals surface area contributed by atoms with Crippen molar-refractivity contribution >= 4 is 28.3 Å². The second-order valence-corrected chi connectivity index (χ2v) is 4.56. The SMILES string of the molecule is Nc1ccc(NC(=O)Cc2c[nH]c3ccccc23)nc1. The van der Waals surface area contributed by atoms with Crippen LogP contribution in [0.4, 0.5) is 11.5 Å². The Morgan fingerprint density at radius 1 is 1.25 bits per heavy atom. The number of para-hydroxylation sites is 1. The average molecular weight is 266 g/mol. The molecule has 0 saturated heterocycles. The monoisotopic (exact) mass is 266 g/mol. The van der Waals surface area contributed by atoms with Crippen molar-refractivity contribution in [2.75, 3.05) is 11.1 Å². The summed E-state index contributed by atoms with van der Waals surface area (Å²) in [4.78, 5) is 19.2. The maximum atomic E-state index is 12.0. The first-order valence-electron chi connectivity index (χ1n) is 6.29. The van der Waals surface area contributed by atoms with E-state index >= 15 is 0 Å². The van der Waals surface area contributed by atoms with Crippen molar-refractivity contribution in [3.8, 4) is 0 Å². The van der Waals surface area contributed by atoms with Crippen molar-refractivity contribution in [1.82, 2.24) is 9.97 Å². The molecule has 1 aromatic carbocycles. The second kappa shape index (κ2) is 5.05. The molecular weight excluding hydrogens is 252 g/mol. The summed E-state index contributed by atoms with van der Waals surface area (Å²) in [5.74, 6) is 0.399. The number of aromatic nitrogens is 2. The average Bonchev–Trinajstić information content (AvgIpc) is 2.85. The van der Waals surface area contributed by atoms with Crippen LogP contribution in [0.3, 0.4) is 0 Å². The van der Waals surface area contributed by atoms with Crippen molar-refractivity contribution < 1.29 is 4.79 Å². The maximum absolute atomic E-state index is 12.0. The van der Waals surface area contributed by atoms with Gasteiger partial charge >= 0.3 is 0 Å². The molecule has 1 amide bonds. The highest BCUT2D eigenvalue weighted by Gasteiger charge is 2.09. The quantitative estimate of drug-likeness (QED) is 0.680. The number of carbonyl (C=O) groups is 1. The molecule has 0 radical (unpaired) electrons. The van der Waals surface area contributed by atoms with Crippen LogP contribution in [0.2, 0.25) is 0 Å². The number of H-pyrrole nitrogens is 1. The van der Waals surface area contributed by atoms with E-state index in [1.54, 1.807) is 12.1 Å². The number of nitrogens with zero attached hydrogens (tertiary/aromatic N) is 1. The molecule has 2 heterocycles. The minimum atomic E-state index is -0.105. The fourth-order valence-corrected chi connectivity index (χ4v) is 2.12. The van der Waals surface area contributed by atoms with E-state index < -0.39 is 0 Å². The first-order chi connectivity index (χ1) is 9.72. The highest BCUT2D eigenvalue weighted by Crippen LogP contribution is 2.18. The number of aromatic amines is 1. The van der Waals surface area contributed by atoms with Gasteiger partial charge in [0.25, 0.3) is 0 Å². The van der Waals surface area contributed by atoms with Crippen LogP contribution >= 0.6 is 0 Å². The molecule has 3 rings (SSSR count). The van der Waals surface area contributed by atoms with E-state index in [1.165, 1.54) is 6.20 Å². The van der Waals surface area contributed by atoms with Gasteiger partial charge < -0.3 is 16.0 Å². The first kappa shape index (κ1) is 12.2. The van der Waals surface area contributed by atoms with Gasteiger partial charge in [-0.25, -0.2) is 4.98 Å². The zero-order chi connectivity index (χ0) is 13.9. The van der Waals surface area contributed by atoms with E-state index in [0.717, 1.165) is 16.5 Å². The molecule has 3 aromatic rings. The number of amides is 1. The lowest BCUT2D eigenvalue weighted by atomic mass is 10.1. The predicted molar refractivity (Wildman–Crippen MR) is 79.3 cm³/mol. The zero-order valence-corrected chi connectivity index (χ0v) is 10.8. The molecule has 0 unspecified atom stereocenters. The standard InChI is InChI=1S/C15H14N4O/c16-11-5-6-14(18-9-11)19-15(20)7-10-8-17-13-4-2-1-3-12(10)13/h1-6,8-9,17H,7,16H2,(H,18,19,20). The third-order valence-corrected chi connectivity index (χ3v) is 3.08. The summed E-state index contributed by atoms with van der Waals surface area (Å²) in [6, 6.07) is 11.3. The van der Waals surface area contributed by atoms with Crippen LogP contribution in [-0.2, 0) is 11.2 Å². The lowest BCUT2D eigenvalue weighted by Crippen LogP contribution is -2.15. The summed E-state index contributed by atoms with van der Waals surface area (Å²) in [7, 11) is 0. The summed E-state index contributed by atoms with van der Waals surface area (Å²) in [6.07, 6.45) is 3.68. The van der Waals surface area contributed by atoms with Crippen LogP contribution in [-0.4, -0.2) is 15.9 Å². The summed E-state index contributed by atoms with van der Waals surface area (Å²) in [5.41, 5.74) is 8.11. The fourth-order valence-electron chi connectivity index (χ4n) is 2.12. The lowest BCUT2D eigenvalue weighted by molar-refractivity contribution is -0.115. The first-order valence-corrected chi connectivity index (χ1v) is 6.29. The summed E-state index contributed by atoms with van der Waals surface area (Å²) in [6.45, 7) is 0. The fraction of sp³-hybridized carbons (Fsp3) is 0.0667. The molecule has 0 spiro atoms. The number of pyridine rings is 1. The minimum absolute atomic E-state index is 0.105. The molecule has 20 heavy (non-hydrogen) atoms. The van der Waals surface area contributed by atoms with Crippen molar-refractivity contribution in [3.63, 3.8) is 0 Å². The van der Waals surface area contributed by atoms with Crippen LogP contribution in [0.1, 0.15) is 5.56 Å². The highest BCUT2D eigenvalue weighted by molar-refractivity contribution is 5.95. The molecule has 4 N–H and O–H groups in total. The number of nitrogens with two attached hydrogens (primary N) is 1. The van der Waals surface area contributed by atoms with E-state index in [4.69, 9.17) is 5.73 Å². The smallest absolute Gasteiger partial charge is 0.230 e. The molecule has 5 nitrogen and oxygen atoms in total. The van der Waals surface area contributed by atoms with E-state index in [1.807, 2.05) is 30.5 Å². The maximum Gasteiger partial charge on any atom is 0.230 e. The normalized spacial score (nSPS) is 10.6. The minimum Gasteiger partial charge on any atom is -0.397 e. The second-order valence-electron chi connectivity index (χ2n) is 4.56. The molecular formula is C15H14N4O. The molecule has 0 atom stereocenters. The molecule has 0 fully saturated rings. The van der Waals surface area contributed by atoms with Gasteiger partial charge in [-0.3, -0.25) is 4.79 Å². The van der Waals surface area contributed by atoms with Crippen LogP contribution in [0.25, 0.3) is 10.9 Å². The van der Waals surface area contributed by atoms with Crippen molar-refractivity contribution in [2.45, 2.75) is 6.42 Å². The summed E-state index contributed by atoms with van der Waals surface area (Å²) in [5, 5.41) is 3.82. The Kier molecular flexibility index (Phi) is 3.09. The van der Waals surface area contributed by atoms with Crippen LogP contribution in [0.5, 0.6) is 0 Å². The number of nitrogen functional groups attached to an aromatic ring is 1. The predicted octanol–water partition coefficient (Wildman–Crippen LogP) is 2.33. The molecule has 0 aliphatic carbocycles. The van der Waals surface area contributed by atoms with Gasteiger partial charge in [-0.05, 0) is 23.8 Å². The largest absolute Gasteiger partial charge is 0.397 e. The Morgan fingerprint density at radius 3 is 2.90 bits per heavy atom. The number of anilines is 2. The van der Waals surface area contributed by atoms with E-state index in [2.05, 4.69) is 15.3 Å². The molecule has 2 aromatic heterocycles. The van der Waals surface area contributed by atoms with Gasteiger partial charge in [-0.15, -0.1) is 0 Å².